The van der Waals surface area contributed by atoms with E-state index in [2.05, 4.69) is 31.4 Å². The van der Waals surface area contributed by atoms with Crippen LogP contribution in [0.1, 0.15) is 16.1 Å². The summed E-state index contributed by atoms with van der Waals surface area (Å²) in [5.41, 5.74) is 0.694. The Labute approximate surface area is 150 Å². The van der Waals surface area contributed by atoms with Gasteiger partial charge in [0, 0.05) is 25.0 Å². The molecule has 6 nitrogen and oxygen atoms in total. The number of benzene rings is 1. The first-order chi connectivity index (χ1) is 11.4. The number of aryl methyl sites for hydroxylation is 1. The summed E-state index contributed by atoms with van der Waals surface area (Å²) < 4.78 is 17.2. The Hall–Kier alpha value is -2.19. The number of anilines is 1. The summed E-state index contributed by atoms with van der Waals surface area (Å²) >= 11 is 9.36. The Kier molecular flexibility index (Phi) is 4.68. The van der Waals surface area contributed by atoms with Crippen molar-refractivity contribution in [2.75, 3.05) is 5.32 Å². The van der Waals surface area contributed by atoms with Gasteiger partial charge in [0.1, 0.15) is 10.8 Å². The predicted octanol–water partition coefficient (Wildman–Crippen LogP) is 3.47. The maximum absolute atomic E-state index is 13.7. The number of rotatable bonds is 4. The molecule has 9 heteroatoms. The molecule has 0 aliphatic rings. The number of carbonyl (C=O) groups is 1. The van der Waals surface area contributed by atoms with E-state index in [4.69, 9.17) is 11.6 Å². The number of carbonyl (C=O) groups excluding carboxylic acids is 1. The van der Waals surface area contributed by atoms with E-state index in [1.54, 1.807) is 31.4 Å². The van der Waals surface area contributed by atoms with Gasteiger partial charge in [0.25, 0.3) is 5.91 Å². The molecule has 0 spiro atoms. The van der Waals surface area contributed by atoms with E-state index in [1.165, 1.54) is 21.6 Å². The zero-order valence-electron chi connectivity index (χ0n) is 12.5. The first-order valence-electron chi connectivity index (χ1n) is 6.91. The van der Waals surface area contributed by atoms with Gasteiger partial charge < -0.3 is 5.32 Å². The largest absolute Gasteiger partial charge is 0.302 e. The van der Waals surface area contributed by atoms with Crippen molar-refractivity contribution in [2.45, 2.75) is 6.54 Å². The molecule has 1 aromatic carbocycles. The molecule has 1 amide bonds. The highest BCUT2D eigenvalue weighted by atomic mass is 79.9. The van der Waals surface area contributed by atoms with Crippen molar-refractivity contribution in [3.8, 4) is 0 Å². The maximum Gasteiger partial charge on any atom is 0.278 e. The Bertz CT molecular complexity index is 907. The average molecular weight is 413 g/mol. The molecule has 0 unspecified atom stereocenters. The maximum atomic E-state index is 13.7. The molecule has 0 radical (unpaired) electrons. The van der Waals surface area contributed by atoms with Crippen molar-refractivity contribution in [3.63, 3.8) is 0 Å². The van der Waals surface area contributed by atoms with Crippen LogP contribution in [0.15, 0.2) is 41.1 Å². The highest BCUT2D eigenvalue weighted by Gasteiger charge is 2.18. The molecule has 1 N–H and O–H groups in total. The normalized spacial score (nSPS) is 10.8. The van der Waals surface area contributed by atoms with Gasteiger partial charge in [0.05, 0.1) is 11.0 Å². The van der Waals surface area contributed by atoms with Crippen molar-refractivity contribution >= 4 is 39.3 Å². The Morgan fingerprint density at radius 1 is 1.33 bits per heavy atom. The number of nitrogens with one attached hydrogen (secondary N) is 1. The molecule has 0 aliphatic heterocycles. The second-order valence-corrected chi connectivity index (χ2v) is 6.33. The summed E-state index contributed by atoms with van der Waals surface area (Å²) in [6.45, 7) is 0.204. The minimum absolute atomic E-state index is 0.190. The van der Waals surface area contributed by atoms with Crippen LogP contribution in [-0.4, -0.2) is 25.5 Å². The van der Waals surface area contributed by atoms with Crippen molar-refractivity contribution < 1.29 is 9.18 Å². The van der Waals surface area contributed by atoms with Crippen LogP contribution >= 0.6 is 27.5 Å². The minimum atomic E-state index is -0.444. The third kappa shape index (κ3) is 3.49. The topological polar surface area (TPSA) is 64.7 Å². The summed E-state index contributed by atoms with van der Waals surface area (Å²) in [5.74, 6) is -0.580. The summed E-state index contributed by atoms with van der Waals surface area (Å²) in [7, 11) is 1.71. The van der Waals surface area contributed by atoms with Crippen LogP contribution in [0.4, 0.5) is 10.2 Å². The number of aromatic nitrogens is 4. The first kappa shape index (κ1) is 16.7. The standard InChI is InChI=1S/C15H12BrClFN5O/c1-22-7-10(16)13(20-22)15(24)19-14-11(17)8-23(21-14)6-9-4-2-3-5-12(9)18/h2-5,7-8H,6H2,1H3,(H,19,21,24). The number of hydrogen-bond donors (Lipinski definition) is 1. The van der Waals surface area contributed by atoms with Gasteiger partial charge in [-0.1, -0.05) is 29.8 Å². The van der Waals surface area contributed by atoms with Crippen LogP contribution in [0.2, 0.25) is 5.02 Å². The monoisotopic (exact) mass is 411 g/mol. The Morgan fingerprint density at radius 3 is 2.75 bits per heavy atom. The van der Waals surface area contributed by atoms with Crippen LogP contribution in [0, 0.1) is 5.82 Å². The summed E-state index contributed by atoms with van der Waals surface area (Å²) in [5, 5.41) is 11.1. The molecule has 0 atom stereocenters. The van der Waals surface area contributed by atoms with Crippen LogP contribution in [0.25, 0.3) is 0 Å². The summed E-state index contributed by atoms with van der Waals surface area (Å²) in [6.07, 6.45) is 3.18. The molecule has 2 aromatic heterocycles. The van der Waals surface area contributed by atoms with Gasteiger partial charge in [-0.3, -0.25) is 14.2 Å². The highest BCUT2D eigenvalue weighted by molar-refractivity contribution is 9.10. The molecule has 124 valence electrons. The molecule has 3 rings (SSSR count). The predicted molar refractivity (Wildman–Crippen MR) is 91.6 cm³/mol. The second-order valence-electron chi connectivity index (χ2n) is 5.07. The van der Waals surface area contributed by atoms with Gasteiger partial charge in [-0.05, 0) is 22.0 Å². The first-order valence-corrected chi connectivity index (χ1v) is 8.08. The van der Waals surface area contributed by atoms with Crippen LogP contribution < -0.4 is 5.32 Å². The lowest BCUT2D eigenvalue weighted by atomic mass is 10.2. The fraction of sp³-hybridized carbons (Fsp3) is 0.133. The molecule has 0 saturated heterocycles. The number of amides is 1. The van der Waals surface area contributed by atoms with E-state index in [1.807, 2.05) is 0 Å². The average Bonchev–Trinajstić information content (AvgIpc) is 3.04. The van der Waals surface area contributed by atoms with Gasteiger partial charge in [-0.2, -0.15) is 10.2 Å². The third-order valence-corrected chi connectivity index (χ3v) is 4.10. The van der Waals surface area contributed by atoms with Crippen LogP contribution in [-0.2, 0) is 13.6 Å². The van der Waals surface area contributed by atoms with Crippen molar-refractivity contribution in [2.24, 2.45) is 7.05 Å². The van der Waals surface area contributed by atoms with E-state index >= 15 is 0 Å². The van der Waals surface area contributed by atoms with Crippen molar-refractivity contribution in [3.05, 3.63) is 63.2 Å². The lowest BCUT2D eigenvalue weighted by molar-refractivity contribution is 0.102. The molecule has 0 bridgehead atoms. The Morgan fingerprint density at radius 2 is 2.08 bits per heavy atom. The molecule has 0 saturated carbocycles. The zero-order valence-corrected chi connectivity index (χ0v) is 14.8. The molecule has 0 fully saturated rings. The SMILES string of the molecule is Cn1cc(Br)c(C(=O)Nc2nn(Cc3ccccc3F)cc2Cl)n1. The lowest BCUT2D eigenvalue weighted by Crippen LogP contribution is -2.14. The van der Waals surface area contributed by atoms with Gasteiger partial charge >= 0.3 is 0 Å². The summed E-state index contributed by atoms with van der Waals surface area (Å²) in [6, 6.07) is 6.39. The van der Waals surface area contributed by atoms with E-state index in [0.29, 0.717) is 10.0 Å². The minimum Gasteiger partial charge on any atom is -0.302 e. The van der Waals surface area contributed by atoms with Crippen molar-refractivity contribution in [1.82, 2.24) is 19.6 Å². The number of nitrogens with zero attached hydrogens (tertiary/aromatic N) is 4. The highest BCUT2D eigenvalue weighted by Crippen LogP contribution is 2.22. The Balaban J connectivity index is 1.78. The molecule has 0 aliphatic carbocycles. The van der Waals surface area contributed by atoms with Crippen LogP contribution in [0.3, 0.4) is 0 Å². The van der Waals surface area contributed by atoms with E-state index in [-0.39, 0.29) is 28.9 Å². The van der Waals surface area contributed by atoms with Gasteiger partial charge in [-0.15, -0.1) is 0 Å². The molecule has 3 aromatic rings. The summed E-state index contributed by atoms with van der Waals surface area (Å²) in [4.78, 5) is 12.2. The number of halogens is 3. The quantitative estimate of drug-likeness (QED) is 0.713. The van der Waals surface area contributed by atoms with Gasteiger partial charge in [0.2, 0.25) is 0 Å². The number of hydrogen-bond acceptors (Lipinski definition) is 3. The molecular formula is C15H12BrClFN5O. The van der Waals surface area contributed by atoms with Crippen LogP contribution in [0.5, 0.6) is 0 Å². The van der Waals surface area contributed by atoms with Gasteiger partial charge in [0.15, 0.2) is 11.5 Å². The van der Waals surface area contributed by atoms with E-state index in [0.717, 1.165) is 0 Å². The van der Waals surface area contributed by atoms with E-state index in [9.17, 15) is 9.18 Å². The fourth-order valence-corrected chi connectivity index (χ4v) is 2.90. The van der Waals surface area contributed by atoms with E-state index < -0.39 is 5.91 Å². The lowest BCUT2D eigenvalue weighted by Gasteiger charge is -2.03. The van der Waals surface area contributed by atoms with Crippen molar-refractivity contribution in [1.29, 1.82) is 0 Å². The zero-order chi connectivity index (χ0) is 17.3. The second kappa shape index (κ2) is 6.74. The smallest absolute Gasteiger partial charge is 0.278 e. The molecule has 2 heterocycles. The molecule has 24 heavy (non-hydrogen) atoms. The van der Waals surface area contributed by atoms with Gasteiger partial charge in [-0.25, -0.2) is 4.39 Å². The molecular weight excluding hydrogens is 401 g/mol. The third-order valence-electron chi connectivity index (χ3n) is 3.24. The fourth-order valence-electron chi connectivity index (χ4n) is 2.14.